The highest BCUT2D eigenvalue weighted by Gasteiger charge is 2.25. The van der Waals surface area contributed by atoms with E-state index >= 15 is 0 Å². The van der Waals surface area contributed by atoms with Crippen molar-refractivity contribution < 1.29 is 4.74 Å². The van der Waals surface area contributed by atoms with Crippen molar-refractivity contribution in [1.29, 1.82) is 0 Å². The predicted molar refractivity (Wildman–Crippen MR) is 54.7 cm³/mol. The molecule has 1 aromatic heterocycles. The van der Waals surface area contributed by atoms with Crippen molar-refractivity contribution in [3.63, 3.8) is 0 Å². The molecule has 1 aromatic rings. The lowest BCUT2D eigenvalue weighted by Gasteiger charge is -2.20. The Kier molecular flexibility index (Phi) is 2.65. The summed E-state index contributed by atoms with van der Waals surface area (Å²) in [5, 5.41) is 4.83. The molecular weight excluding hydrogens is 202 g/mol. The van der Waals surface area contributed by atoms with Crippen molar-refractivity contribution in [3.8, 4) is 5.75 Å². The summed E-state index contributed by atoms with van der Waals surface area (Å²) in [6.45, 7) is 1.10. The van der Waals surface area contributed by atoms with Gasteiger partial charge < -0.3 is 4.74 Å². The summed E-state index contributed by atoms with van der Waals surface area (Å²) in [4.78, 5) is 2.25. The van der Waals surface area contributed by atoms with Gasteiger partial charge in [0, 0.05) is 0 Å². The number of halogens is 1. The first kappa shape index (κ1) is 9.80. The van der Waals surface area contributed by atoms with E-state index < -0.39 is 0 Å². The molecule has 2 heterocycles. The number of likely N-dealkylation sites (tertiary alicyclic amines) is 1. The Morgan fingerprint density at radius 2 is 2.43 bits per heavy atom. The first-order valence-corrected chi connectivity index (χ1v) is 5.09. The molecule has 4 nitrogen and oxygen atoms in total. The van der Waals surface area contributed by atoms with Gasteiger partial charge >= 0.3 is 0 Å². The van der Waals surface area contributed by atoms with Gasteiger partial charge in [0.25, 0.3) is 0 Å². The topological polar surface area (TPSA) is 30.3 Å². The second-order valence-corrected chi connectivity index (χ2v) is 3.91. The lowest BCUT2D eigenvalue weighted by Crippen LogP contribution is -2.23. The van der Waals surface area contributed by atoms with Crippen LogP contribution in [0.2, 0.25) is 5.15 Å². The summed E-state index contributed by atoms with van der Waals surface area (Å²) in [5.74, 6) is 0.645. The lowest BCUT2D eigenvalue weighted by atomic mass is 10.3. The van der Waals surface area contributed by atoms with Gasteiger partial charge in [-0.05, 0) is 26.4 Å². The van der Waals surface area contributed by atoms with Gasteiger partial charge in [-0.15, -0.1) is 0 Å². The molecule has 1 saturated heterocycles. The average Bonchev–Trinajstić information content (AvgIpc) is 2.72. The molecule has 5 heteroatoms. The van der Waals surface area contributed by atoms with Gasteiger partial charge in [-0.1, -0.05) is 11.6 Å². The van der Waals surface area contributed by atoms with E-state index in [1.165, 1.54) is 6.42 Å². The van der Waals surface area contributed by atoms with Crippen LogP contribution in [0.5, 0.6) is 5.75 Å². The average molecular weight is 216 g/mol. The molecule has 1 fully saturated rings. The highest BCUT2D eigenvalue weighted by molar-refractivity contribution is 6.31. The van der Waals surface area contributed by atoms with E-state index in [1.54, 1.807) is 13.3 Å². The van der Waals surface area contributed by atoms with Gasteiger partial charge in [-0.25, -0.2) is 4.68 Å². The maximum absolute atomic E-state index is 6.12. The smallest absolute Gasteiger partial charge is 0.175 e. The van der Waals surface area contributed by atoms with Crippen molar-refractivity contribution >= 4 is 11.6 Å². The number of aromatic nitrogens is 2. The molecule has 0 N–H and O–H groups in total. The molecule has 1 aliphatic heterocycles. The fourth-order valence-corrected chi connectivity index (χ4v) is 2.16. The number of hydrogen-bond acceptors (Lipinski definition) is 3. The van der Waals surface area contributed by atoms with E-state index in [1.807, 2.05) is 4.68 Å². The van der Waals surface area contributed by atoms with Gasteiger partial charge in [-0.2, -0.15) is 5.10 Å². The Morgan fingerprint density at radius 1 is 1.64 bits per heavy atom. The van der Waals surface area contributed by atoms with E-state index in [4.69, 9.17) is 16.3 Å². The standard InChI is InChI=1S/C9H14ClN3O/c1-12-5-3-4-8(12)13-9(10)7(14-2)6-11-13/h6,8H,3-5H2,1-2H3. The van der Waals surface area contributed by atoms with Crippen LogP contribution in [0.1, 0.15) is 19.0 Å². The van der Waals surface area contributed by atoms with E-state index in [0.717, 1.165) is 13.0 Å². The van der Waals surface area contributed by atoms with Gasteiger partial charge in [0.05, 0.1) is 13.3 Å². The summed E-state index contributed by atoms with van der Waals surface area (Å²) in [5.41, 5.74) is 0. The van der Waals surface area contributed by atoms with Crippen LogP contribution in [0.25, 0.3) is 0 Å². The van der Waals surface area contributed by atoms with Gasteiger partial charge in [0.15, 0.2) is 10.9 Å². The van der Waals surface area contributed by atoms with E-state index in [-0.39, 0.29) is 6.17 Å². The molecule has 1 atom stereocenters. The summed E-state index contributed by atoms with van der Waals surface area (Å²) in [6, 6.07) is 0. The fraction of sp³-hybridized carbons (Fsp3) is 0.667. The zero-order valence-electron chi connectivity index (χ0n) is 8.40. The zero-order valence-corrected chi connectivity index (χ0v) is 9.16. The SMILES string of the molecule is COc1cnn(C2CCCN2C)c1Cl. The molecule has 1 unspecified atom stereocenters. The molecule has 14 heavy (non-hydrogen) atoms. The molecule has 0 bridgehead atoms. The van der Waals surface area contributed by atoms with Crippen LogP contribution < -0.4 is 4.74 Å². The monoisotopic (exact) mass is 215 g/mol. The number of hydrogen-bond donors (Lipinski definition) is 0. The molecule has 0 radical (unpaired) electrons. The quantitative estimate of drug-likeness (QED) is 0.753. The van der Waals surface area contributed by atoms with Gasteiger partial charge in [0.2, 0.25) is 0 Å². The third-order valence-corrected chi connectivity index (χ3v) is 3.05. The van der Waals surface area contributed by atoms with Crippen LogP contribution in [0.15, 0.2) is 6.20 Å². The van der Waals surface area contributed by atoms with Crippen LogP contribution in [0.3, 0.4) is 0 Å². The second-order valence-electron chi connectivity index (χ2n) is 3.55. The number of ether oxygens (including phenoxy) is 1. The van der Waals surface area contributed by atoms with Crippen LogP contribution >= 0.6 is 11.6 Å². The van der Waals surface area contributed by atoms with Crippen LogP contribution in [-0.4, -0.2) is 35.4 Å². The maximum atomic E-state index is 6.12. The van der Waals surface area contributed by atoms with Crippen molar-refractivity contribution in [2.75, 3.05) is 20.7 Å². The zero-order chi connectivity index (χ0) is 10.1. The Bertz CT molecular complexity index is 326. The Labute approximate surface area is 88.4 Å². The Balaban J connectivity index is 2.27. The molecule has 0 amide bonds. The summed E-state index contributed by atoms with van der Waals surface area (Å²) in [7, 11) is 3.69. The highest BCUT2D eigenvalue weighted by Crippen LogP contribution is 2.32. The lowest BCUT2D eigenvalue weighted by molar-refractivity contribution is 0.220. The third-order valence-electron chi connectivity index (χ3n) is 2.69. The molecule has 0 saturated carbocycles. The second kappa shape index (κ2) is 3.79. The summed E-state index contributed by atoms with van der Waals surface area (Å²) in [6.07, 6.45) is 4.24. The maximum Gasteiger partial charge on any atom is 0.175 e. The summed E-state index contributed by atoms with van der Waals surface area (Å²) < 4.78 is 6.91. The predicted octanol–water partition coefficient (Wildman–Crippen LogP) is 1.77. The van der Waals surface area contributed by atoms with Gasteiger partial charge in [0.1, 0.15) is 6.17 Å². The molecule has 0 aliphatic carbocycles. The fourth-order valence-electron chi connectivity index (χ4n) is 1.88. The summed E-state index contributed by atoms with van der Waals surface area (Å²) >= 11 is 6.12. The van der Waals surface area contributed by atoms with Crippen molar-refractivity contribution in [3.05, 3.63) is 11.3 Å². The van der Waals surface area contributed by atoms with Gasteiger partial charge in [-0.3, -0.25) is 4.90 Å². The van der Waals surface area contributed by atoms with Crippen molar-refractivity contribution in [2.45, 2.75) is 19.0 Å². The van der Waals surface area contributed by atoms with E-state index in [0.29, 0.717) is 10.9 Å². The molecule has 1 aliphatic rings. The largest absolute Gasteiger partial charge is 0.492 e. The molecular formula is C9H14ClN3O. The molecule has 0 spiro atoms. The normalized spacial score (nSPS) is 22.9. The minimum atomic E-state index is 0.284. The molecule has 78 valence electrons. The van der Waals surface area contributed by atoms with Crippen molar-refractivity contribution in [2.24, 2.45) is 0 Å². The number of nitrogens with zero attached hydrogens (tertiary/aromatic N) is 3. The highest BCUT2D eigenvalue weighted by atomic mass is 35.5. The van der Waals surface area contributed by atoms with Crippen LogP contribution in [-0.2, 0) is 0 Å². The molecule has 2 rings (SSSR count). The number of methoxy groups -OCH3 is 1. The minimum absolute atomic E-state index is 0.284. The van der Waals surface area contributed by atoms with Crippen molar-refractivity contribution in [1.82, 2.24) is 14.7 Å². The minimum Gasteiger partial charge on any atom is -0.492 e. The van der Waals surface area contributed by atoms with Crippen LogP contribution in [0, 0.1) is 0 Å². The first-order chi connectivity index (χ1) is 6.74. The molecule has 0 aromatic carbocycles. The number of rotatable bonds is 2. The first-order valence-electron chi connectivity index (χ1n) is 4.71. The van der Waals surface area contributed by atoms with E-state index in [2.05, 4.69) is 17.0 Å². The van der Waals surface area contributed by atoms with E-state index in [9.17, 15) is 0 Å². The Morgan fingerprint density at radius 3 is 2.93 bits per heavy atom. The third kappa shape index (κ3) is 1.48. The Hall–Kier alpha value is -0.740. The van der Waals surface area contributed by atoms with Crippen LogP contribution in [0.4, 0.5) is 0 Å².